The standard InChI is InChI=1S/H4O5P2/c6-4-2-1-3-5-7/h6-7H2. The lowest BCUT2D eigenvalue weighted by Crippen LogP contribution is -1.87. The Balaban J connectivity index is 2.45. The molecule has 0 aromatic heterocycles. The van der Waals surface area contributed by atoms with Gasteiger partial charge in [0.15, 0.2) is 0 Å². The summed E-state index contributed by atoms with van der Waals surface area (Å²) in [6.07, 6.45) is 0. The molecule has 5 nitrogen and oxygen atoms in total. The van der Waals surface area contributed by atoms with Crippen LogP contribution in [0.4, 0.5) is 0 Å². The Morgan fingerprint density at radius 1 is 0.714 bits per heavy atom. The van der Waals surface area contributed by atoms with Crippen molar-refractivity contribution in [3.8, 4) is 0 Å². The molecule has 0 saturated heterocycles. The minimum Gasteiger partial charge on any atom is -0.189 e. The van der Waals surface area contributed by atoms with E-state index in [1.165, 1.54) is 0 Å². The van der Waals surface area contributed by atoms with E-state index in [1.54, 1.807) is 18.9 Å². The third kappa shape index (κ3) is 6.66. The zero-order valence-corrected chi connectivity index (χ0v) is 5.51. The maximum absolute atomic E-state index is 3.82. The molecule has 0 amide bonds. The second-order valence-electron chi connectivity index (χ2n) is 0.397. The van der Waals surface area contributed by atoms with Crippen LogP contribution in [0.25, 0.3) is 0 Å². The van der Waals surface area contributed by atoms with E-state index in [4.69, 9.17) is 0 Å². The van der Waals surface area contributed by atoms with Crippen LogP contribution in [0.3, 0.4) is 0 Å². The summed E-state index contributed by atoms with van der Waals surface area (Å²) in [7, 11) is 3.52. The van der Waals surface area contributed by atoms with E-state index in [0.717, 1.165) is 0 Å². The molecular formula is H4O5P2. The predicted octanol–water partition coefficient (Wildman–Crippen LogP) is 0.310. The molecule has 0 bridgehead atoms. The zero-order valence-electron chi connectivity index (χ0n) is 3.20. The zero-order chi connectivity index (χ0) is 5.54. The Kier molecular flexibility index (Phi) is 7.29. The van der Waals surface area contributed by atoms with Crippen molar-refractivity contribution in [2.45, 2.75) is 0 Å². The molecule has 0 rings (SSSR count). The third-order valence-corrected chi connectivity index (χ3v) is 0.291. The van der Waals surface area contributed by atoms with E-state index in [0.29, 0.717) is 0 Å². The van der Waals surface area contributed by atoms with Crippen LogP contribution < -0.4 is 0 Å². The minimum absolute atomic E-state index is 1.76. The highest BCUT2D eigenvalue weighted by molar-refractivity contribution is 7.09. The number of hydrogen-bond acceptors (Lipinski definition) is 5. The van der Waals surface area contributed by atoms with E-state index in [-0.39, 0.29) is 0 Å². The van der Waals surface area contributed by atoms with Crippen LogP contribution in [0.2, 0.25) is 0 Å². The third-order valence-electron chi connectivity index (χ3n) is 0.134. The monoisotopic (exact) mass is 146 g/mol. The Morgan fingerprint density at radius 2 is 1.14 bits per heavy atom. The molecule has 0 aromatic rings. The van der Waals surface area contributed by atoms with Gasteiger partial charge in [0.05, 0.1) is 0 Å². The maximum Gasteiger partial charge on any atom is 0.0457 e. The van der Waals surface area contributed by atoms with Crippen molar-refractivity contribution in [2.24, 2.45) is 0 Å². The highest BCUT2D eigenvalue weighted by Gasteiger charge is 1.80. The first kappa shape index (κ1) is 7.66. The SMILES string of the molecule is POOOOOP. The molecule has 0 saturated carbocycles. The molecule has 0 fully saturated rings. The summed E-state index contributed by atoms with van der Waals surface area (Å²) in [5.41, 5.74) is 0. The Morgan fingerprint density at radius 3 is 1.43 bits per heavy atom. The van der Waals surface area contributed by atoms with Crippen LogP contribution in [-0.4, -0.2) is 0 Å². The summed E-state index contributed by atoms with van der Waals surface area (Å²) in [6, 6.07) is 0. The molecule has 2 atom stereocenters. The van der Waals surface area contributed by atoms with Gasteiger partial charge in [-0.05, 0) is 15.1 Å². The molecule has 0 N–H and O–H groups in total. The molecule has 44 valence electrons. The maximum atomic E-state index is 3.82. The van der Waals surface area contributed by atoms with Crippen molar-refractivity contribution < 1.29 is 24.5 Å². The summed E-state index contributed by atoms with van der Waals surface area (Å²) < 4.78 is 7.65. The van der Waals surface area contributed by atoms with Gasteiger partial charge in [-0.15, -0.1) is 0 Å². The van der Waals surface area contributed by atoms with Gasteiger partial charge in [-0.3, -0.25) is 0 Å². The predicted molar refractivity (Wildman–Crippen MR) is 24.8 cm³/mol. The Bertz CT molecular complexity index is 25.3. The second kappa shape index (κ2) is 6.66. The first-order valence-electron chi connectivity index (χ1n) is 1.14. The molecule has 0 aromatic carbocycles. The number of hydrogen-bond donors (Lipinski definition) is 0. The lowest BCUT2D eigenvalue weighted by Gasteiger charge is -1.91. The fourth-order valence-electron chi connectivity index (χ4n) is 0.0434. The van der Waals surface area contributed by atoms with Crippen molar-refractivity contribution in [3.05, 3.63) is 0 Å². The first-order valence-corrected chi connectivity index (χ1v) is 2.08. The summed E-state index contributed by atoms with van der Waals surface area (Å²) >= 11 is 0. The molecular weight excluding hydrogens is 142 g/mol. The largest absolute Gasteiger partial charge is 0.189 e. The quantitative estimate of drug-likeness (QED) is 0.247. The van der Waals surface area contributed by atoms with Gasteiger partial charge in [0.1, 0.15) is 0 Å². The molecule has 0 aliphatic carbocycles. The molecule has 2 unspecified atom stereocenters. The summed E-state index contributed by atoms with van der Waals surface area (Å²) in [5, 5.41) is 11.0. The average Bonchev–Trinajstić information content (AvgIpc) is 1.69. The minimum atomic E-state index is 1.76. The molecule has 7 heavy (non-hydrogen) atoms. The summed E-state index contributed by atoms with van der Waals surface area (Å²) in [4.78, 5) is 0. The van der Waals surface area contributed by atoms with Crippen molar-refractivity contribution in [1.29, 1.82) is 0 Å². The normalized spacial score (nSPS) is 9.43. The lowest BCUT2D eigenvalue weighted by molar-refractivity contribution is -0.670. The fraction of sp³-hybridized carbons (Fsp3) is 0. The van der Waals surface area contributed by atoms with Crippen LogP contribution in [-0.2, 0) is 24.5 Å². The highest BCUT2D eigenvalue weighted by atomic mass is 31.0. The fourth-order valence-corrected chi connectivity index (χ4v) is 0.108. The van der Waals surface area contributed by atoms with E-state index in [1.807, 2.05) is 0 Å². The molecule has 0 heterocycles. The number of rotatable bonds is 4. The van der Waals surface area contributed by atoms with Gasteiger partial charge >= 0.3 is 0 Å². The van der Waals surface area contributed by atoms with E-state index in [9.17, 15) is 0 Å². The van der Waals surface area contributed by atoms with Gasteiger partial charge in [0.2, 0.25) is 0 Å². The van der Waals surface area contributed by atoms with Gasteiger partial charge in [-0.2, -0.15) is 9.35 Å². The molecule has 0 aliphatic heterocycles. The van der Waals surface area contributed by atoms with Gasteiger partial charge in [-0.1, -0.05) is 0 Å². The van der Waals surface area contributed by atoms with E-state index >= 15 is 0 Å². The van der Waals surface area contributed by atoms with Gasteiger partial charge in [0, 0.05) is 18.9 Å². The molecule has 0 spiro atoms. The van der Waals surface area contributed by atoms with Gasteiger partial charge < -0.3 is 0 Å². The summed E-state index contributed by atoms with van der Waals surface area (Å²) in [6.45, 7) is 0. The second-order valence-corrected chi connectivity index (χ2v) is 0.781. The summed E-state index contributed by atoms with van der Waals surface area (Å²) in [5.74, 6) is 0. The van der Waals surface area contributed by atoms with Crippen molar-refractivity contribution >= 4 is 18.9 Å². The Hall–Kier alpha value is 0.660. The van der Waals surface area contributed by atoms with Crippen molar-refractivity contribution in [2.75, 3.05) is 0 Å². The van der Waals surface area contributed by atoms with Crippen molar-refractivity contribution in [1.82, 2.24) is 0 Å². The first-order chi connectivity index (χ1) is 3.41. The lowest BCUT2D eigenvalue weighted by atomic mass is 14.3. The molecule has 0 aliphatic rings. The average molecular weight is 146 g/mol. The van der Waals surface area contributed by atoms with E-state index < -0.39 is 0 Å². The highest BCUT2D eigenvalue weighted by Crippen LogP contribution is 1.92. The Labute approximate surface area is 44.5 Å². The molecule has 0 radical (unpaired) electrons. The van der Waals surface area contributed by atoms with Crippen LogP contribution in [0.1, 0.15) is 0 Å². The van der Waals surface area contributed by atoms with Crippen LogP contribution in [0, 0.1) is 0 Å². The van der Waals surface area contributed by atoms with E-state index in [2.05, 4.69) is 24.5 Å². The van der Waals surface area contributed by atoms with Crippen LogP contribution in [0.15, 0.2) is 0 Å². The van der Waals surface area contributed by atoms with Gasteiger partial charge in [-0.25, -0.2) is 0 Å². The smallest absolute Gasteiger partial charge is 0.0457 e. The van der Waals surface area contributed by atoms with Crippen LogP contribution in [0.5, 0.6) is 0 Å². The van der Waals surface area contributed by atoms with Crippen LogP contribution >= 0.6 is 18.9 Å². The topological polar surface area (TPSA) is 46.2 Å². The molecule has 7 heteroatoms. The van der Waals surface area contributed by atoms with Gasteiger partial charge in [0.25, 0.3) is 0 Å². The van der Waals surface area contributed by atoms with Crippen molar-refractivity contribution in [3.63, 3.8) is 0 Å².